The molecule has 0 aromatic heterocycles. The van der Waals surface area contributed by atoms with Crippen molar-refractivity contribution >= 4 is 0 Å². The Morgan fingerprint density at radius 2 is 2.12 bits per heavy atom. The molecule has 4 heteroatoms. The molecular weight excluding hydrogens is 202 g/mol. The predicted molar refractivity (Wildman–Crippen MR) is 63.8 cm³/mol. The van der Waals surface area contributed by atoms with Crippen molar-refractivity contribution in [2.45, 2.75) is 25.0 Å². The molecule has 1 aromatic rings. The number of azide groups is 1. The molecule has 0 spiro atoms. The Kier molecular flexibility index (Phi) is 5.12. The van der Waals surface area contributed by atoms with E-state index < -0.39 is 6.10 Å². The van der Waals surface area contributed by atoms with Gasteiger partial charge in [0, 0.05) is 4.91 Å². The quantitative estimate of drug-likeness (QED) is 0.337. The summed E-state index contributed by atoms with van der Waals surface area (Å²) < 4.78 is 0. The molecular formula is C12H15N3O. The summed E-state index contributed by atoms with van der Waals surface area (Å²) in [6.07, 6.45) is 2.06. The van der Waals surface area contributed by atoms with Gasteiger partial charge in [-0.1, -0.05) is 41.5 Å². The van der Waals surface area contributed by atoms with Crippen molar-refractivity contribution in [2.24, 2.45) is 5.11 Å². The van der Waals surface area contributed by atoms with Crippen LogP contribution in [0.1, 0.15) is 24.4 Å². The molecule has 0 fully saturated rings. The fourth-order valence-corrected chi connectivity index (χ4v) is 1.53. The van der Waals surface area contributed by atoms with Crippen LogP contribution in [-0.2, 0) is 0 Å². The van der Waals surface area contributed by atoms with E-state index in [0.717, 1.165) is 5.56 Å². The number of nitrogens with zero attached hydrogens (tertiary/aromatic N) is 3. The summed E-state index contributed by atoms with van der Waals surface area (Å²) in [4.78, 5) is 2.81. The van der Waals surface area contributed by atoms with E-state index in [0.29, 0.717) is 12.8 Å². The average Bonchev–Trinajstić information content (AvgIpc) is 2.30. The zero-order chi connectivity index (χ0) is 11.8. The van der Waals surface area contributed by atoms with Crippen LogP contribution in [0.25, 0.3) is 10.4 Å². The van der Waals surface area contributed by atoms with Gasteiger partial charge in [-0.05, 0) is 23.9 Å². The van der Waals surface area contributed by atoms with Crippen LogP contribution in [-0.4, -0.2) is 11.2 Å². The number of hydrogen-bond acceptors (Lipinski definition) is 2. The Balaban J connectivity index is 2.76. The minimum absolute atomic E-state index is 0.318. The third-order valence-electron chi connectivity index (χ3n) is 2.31. The number of aliphatic hydroxyl groups is 1. The summed E-state index contributed by atoms with van der Waals surface area (Å²) in [5.41, 5.74) is 9.42. The molecule has 16 heavy (non-hydrogen) atoms. The fourth-order valence-electron chi connectivity index (χ4n) is 1.53. The lowest BCUT2D eigenvalue weighted by Crippen LogP contribution is -2.10. The molecule has 0 saturated carbocycles. The van der Waals surface area contributed by atoms with Crippen LogP contribution in [0.5, 0.6) is 0 Å². The molecule has 2 atom stereocenters. The van der Waals surface area contributed by atoms with Gasteiger partial charge >= 0.3 is 0 Å². The third-order valence-corrected chi connectivity index (χ3v) is 2.31. The van der Waals surface area contributed by atoms with Crippen LogP contribution in [0.15, 0.2) is 48.1 Å². The molecule has 2 unspecified atom stereocenters. The van der Waals surface area contributed by atoms with E-state index in [9.17, 15) is 5.11 Å². The van der Waals surface area contributed by atoms with E-state index in [-0.39, 0.29) is 6.04 Å². The summed E-state index contributed by atoms with van der Waals surface area (Å²) in [5, 5.41) is 13.4. The van der Waals surface area contributed by atoms with Gasteiger partial charge in [0.2, 0.25) is 0 Å². The number of aliphatic hydroxyl groups excluding tert-OH is 1. The van der Waals surface area contributed by atoms with Crippen LogP contribution < -0.4 is 0 Å². The third kappa shape index (κ3) is 3.77. The normalized spacial score (nSPS) is 13.6. The highest BCUT2D eigenvalue weighted by molar-refractivity contribution is 5.19. The van der Waals surface area contributed by atoms with Crippen LogP contribution in [0, 0.1) is 0 Å². The lowest BCUT2D eigenvalue weighted by atomic mass is 10.00. The van der Waals surface area contributed by atoms with Crippen LogP contribution in [0.3, 0.4) is 0 Å². The Hall–Kier alpha value is -1.77. The van der Waals surface area contributed by atoms with Gasteiger partial charge in [-0.25, -0.2) is 0 Å². The van der Waals surface area contributed by atoms with E-state index in [4.69, 9.17) is 5.53 Å². The summed E-state index contributed by atoms with van der Waals surface area (Å²) >= 11 is 0. The maximum Gasteiger partial charge on any atom is 0.0649 e. The minimum Gasteiger partial charge on any atom is -0.393 e. The van der Waals surface area contributed by atoms with E-state index >= 15 is 0 Å². The summed E-state index contributed by atoms with van der Waals surface area (Å²) in [5.74, 6) is 0. The van der Waals surface area contributed by atoms with Crippen LogP contribution in [0.4, 0.5) is 0 Å². The Bertz CT molecular complexity index is 371. The largest absolute Gasteiger partial charge is 0.393 e. The van der Waals surface area contributed by atoms with Gasteiger partial charge in [-0.2, -0.15) is 0 Å². The van der Waals surface area contributed by atoms with E-state index in [1.165, 1.54) is 0 Å². The summed E-state index contributed by atoms with van der Waals surface area (Å²) in [6.45, 7) is 3.56. The molecule has 0 saturated heterocycles. The van der Waals surface area contributed by atoms with Gasteiger partial charge < -0.3 is 5.11 Å². The van der Waals surface area contributed by atoms with E-state index in [1.807, 2.05) is 30.3 Å². The minimum atomic E-state index is -0.520. The maximum absolute atomic E-state index is 9.65. The molecule has 1 N–H and O–H groups in total. The highest BCUT2D eigenvalue weighted by Gasteiger charge is 2.13. The molecule has 0 radical (unpaired) electrons. The molecule has 1 aromatic carbocycles. The van der Waals surface area contributed by atoms with Gasteiger partial charge in [-0.15, -0.1) is 6.58 Å². The molecule has 0 aliphatic rings. The molecule has 0 aliphatic heterocycles. The molecule has 0 amide bonds. The van der Waals surface area contributed by atoms with Gasteiger partial charge in [0.25, 0.3) is 0 Å². The van der Waals surface area contributed by atoms with Crippen molar-refractivity contribution in [2.75, 3.05) is 0 Å². The van der Waals surface area contributed by atoms with Crippen molar-refractivity contribution in [1.82, 2.24) is 0 Å². The fraction of sp³-hybridized carbons (Fsp3) is 0.333. The zero-order valence-corrected chi connectivity index (χ0v) is 9.03. The zero-order valence-electron chi connectivity index (χ0n) is 9.03. The van der Waals surface area contributed by atoms with Gasteiger partial charge in [0.1, 0.15) is 0 Å². The van der Waals surface area contributed by atoms with Crippen LogP contribution >= 0.6 is 0 Å². The first-order valence-electron chi connectivity index (χ1n) is 5.16. The highest BCUT2D eigenvalue weighted by atomic mass is 16.3. The standard InChI is InChI=1S/C12H15N3O/c1-2-6-11(16)9-12(14-15-13)10-7-4-3-5-8-10/h2-5,7-8,11-12,16H,1,6,9H2. The molecule has 4 nitrogen and oxygen atoms in total. The Labute approximate surface area is 94.9 Å². The first-order chi connectivity index (χ1) is 7.77. The second-order valence-corrected chi connectivity index (χ2v) is 3.55. The number of rotatable bonds is 6. The van der Waals surface area contributed by atoms with Crippen molar-refractivity contribution in [3.8, 4) is 0 Å². The Morgan fingerprint density at radius 1 is 1.44 bits per heavy atom. The van der Waals surface area contributed by atoms with Crippen molar-refractivity contribution in [3.05, 3.63) is 59.0 Å². The number of hydrogen-bond donors (Lipinski definition) is 1. The first-order valence-corrected chi connectivity index (χ1v) is 5.16. The van der Waals surface area contributed by atoms with Crippen molar-refractivity contribution in [1.29, 1.82) is 0 Å². The SMILES string of the molecule is C=CCC(O)CC(N=[N+]=[N-])c1ccccc1. The van der Waals surface area contributed by atoms with Gasteiger partial charge in [0.15, 0.2) is 0 Å². The van der Waals surface area contributed by atoms with Crippen molar-refractivity contribution < 1.29 is 5.11 Å². The second-order valence-electron chi connectivity index (χ2n) is 3.55. The highest BCUT2D eigenvalue weighted by Crippen LogP contribution is 2.23. The monoisotopic (exact) mass is 217 g/mol. The Morgan fingerprint density at radius 3 is 2.69 bits per heavy atom. The van der Waals surface area contributed by atoms with Crippen molar-refractivity contribution in [3.63, 3.8) is 0 Å². The molecule has 0 aliphatic carbocycles. The van der Waals surface area contributed by atoms with Gasteiger partial charge in [0.05, 0.1) is 12.1 Å². The molecule has 84 valence electrons. The smallest absolute Gasteiger partial charge is 0.0649 e. The maximum atomic E-state index is 9.65. The van der Waals surface area contributed by atoms with E-state index in [2.05, 4.69) is 16.6 Å². The summed E-state index contributed by atoms with van der Waals surface area (Å²) in [7, 11) is 0. The van der Waals surface area contributed by atoms with E-state index in [1.54, 1.807) is 6.08 Å². The molecule has 0 bridgehead atoms. The lowest BCUT2D eigenvalue weighted by molar-refractivity contribution is 0.158. The second kappa shape index (κ2) is 6.67. The summed E-state index contributed by atoms with van der Waals surface area (Å²) in [6, 6.07) is 9.13. The predicted octanol–water partition coefficient (Wildman–Crippen LogP) is 3.37. The number of benzene rings is 1. The lowest BCUT2D eigenvalue weighted by Gasteiger charge is -2.15. The van der Waals surface area contributed by atoms with Gasteiger partial charge in [-0.3, -0.25) is 0 Å². The molecule has 1 rings (SSSR count). The first kappa shape index (κ1) is 12.3. The van der Waals surface area contributed by atoms with Crippen LogP contribution in [0.2, 0.25) is 0 Å². The topological polar surface area (TPSA) is 69.0 Å². The molecule has 0 heterocycles. The average molecular weight is 217 g/mol.